The van der Waals surface area contributed by atoms with Crippen LogP contribution < -0.4 is 5.32 Å². The van der Waals surface area contributed by atoms with E-state index in [1.54, 1.807) is 0 Å². The van der Waals surface area contributed by atoms with Crippen LogP contribution in [0.5, 0.6) is 0 Å². The zero-order valence-electron chi connectivity index (χ0n) is 14.2. The third kappa shape index (κ3) is 3.65. The SMILES string of the molecule is CCCCc1ccc(NC(=O)Cn2c(C)nc3ccccc32)cc1. The molecule has 0 unspecified atom stereocenters. The Bertz CT molecular complexity index is 834. The van der Waals surface area contributed by atoms with Crippen LogP contribution in [-0.4, -0.2) is 15.5 Å². The molecular weight excluding hydrogens is 298 g/mol. The first-order valence-corrected chi connectivity index (χ1v) is 8.48. The van der Waals surface area contributed by atoms with Crippen LogP contribution in [0.4, 0.5) is 5.69 Å². The number of amides is 1. The predicted molar refractivity (Wildman–Crippen MR) is 98.2 cm³/mol. The van der Waals surface area contributed by atoms with E-state index in [0.717, 1.165) is 29.0 Å². The number of hydrogen-bond acceptors (Lipinski definition) is 2. The molecule has 4 nitrogen and oxygen atoms in total. The van der Waals surface area contributed by atoms with E-state index in [2.05, 4.69) is 29.4 Å². The fourth-order valence-electron chi connectivity index (χ4n) is 2.88. The molecule has 24 heavy (non-hydrogen) atoms. The van der Waals surface area contributed by atoms with Crippen LogP contribution in [0.2, 0.25) is 0 Å². The smallest absolute Gasteiger partial charge is 0.244 e. The lowest BCUT2D eigenvalue weighted by Crippen LogP contribution is -2.19. The highest BCUT2D eigenvalue weighted by atomic mass is 16.1. The zero-order chi connectivity index (χ0) is 16.9. The molecule has 0 aliphatic heterocycles. The van der Waals surface area contributed by atoms with E-state index in [4.69, 9.17) is 0 Å². The summed E-state index contributed by atoms with van der Waals surface area (Å²) in [6, 6.07) is 16.0. The van der Waals surface area contributed by atoms with E-state index in [0.29, 0.717) is 0 Å². The molecule has 0 saturated heterocycles. The van der Waals surface area contributed by atoms with Gasteiger partial charge in [0.05, 0.1) is 11.0 Å². The topological polar surface area (TPSA) is 46.9 Å². The molecule has 3 aromatic rings. The van der Waals surface area contributed by atoms with Crippen molar-refractivity contribution < 1.29 is 4.79 Å². The molecule has 4 heteroatoms. The molecule has 0 atom stereocenters. The number of aromatic nitrogens is 2. The molecule has 0 saturated carbocycles. The lowest BCUT2D eigenvalue weighted by atomic mass is 10.1. The molecule has 3 rings (SSSR count). The van der Waals surface area contributed by atoms with Crippen LogP contribution in [-0.2, 0) is 17.8 Å². The van der Waals surface area contributed by atoms with Gasteiger partial charge in [0.25, 0.3) is 0 Å². The first-order valence-electron chi connectivity index (χ1n) is 8.48. The van der Waals surface area contributed by atoms with E-state index in [-0.39, 0.29) is 12.5 Å². The predicted octanol–water partition coefficient (Wildman–Crippen LogP) is 4.33. The van der Waals surface area contributed by atoms with Gasteiger partial charge in [-0.05, 0) is 49.6 Å². The Morgan fingerprint density at radius 1 is 1.12 bits per heavy atom. The quantitative estimate of drug-likeness (QED) is 0.734. The van der Waals surface area contributed by atoms with Gasteiger partial charge in [-0.15, -0.1) is 0 Å². The Kier molecular flexibility index (Phi) is 4.94. The number of nitrogens with zero attached hydrogens (tertiary/aromatic N) is 2. The highest BCUT2D eigenvalue weighted by Gasteiger charge is 2.10. The Balaban J connectivity index is 1.68. The van der Waals surface area contributed by atoms with Gasteiger partial charge < -0.3 is 9.88 Å². The van der Waals surface area contributed by atoms with Crippen LogP contribution >= 0.6 is 0 Å². The molecule has 124 valence electrons. The van der Waals surface area contributed by atoms with Gasteiger partial charge in [0.1, 0.15) is 12.4 Å². The number of nitrogens with one attached hydrogen (secondary N) is 1. The Morgan fingerprint density at radius 3 is 2.62 bits per heavy atom. The minimum atomic E-state index is -0.0393. The molecule has 0 fully saturated rings. The van der Waals surface area contributed by atoms with Crippen LogP contribution in [0.15, 0.2) is 48.5 Å². The van der Waals surface area contributed by atoms with Crippen molar-refractivity contribution in [3.8, 4) is 0 Å². The van der Waals surface area contributed by atoms with Crippen LogP contribution in [0.1, 0.15) is 31.2 Å². The summed E-state index contributed by atoms with van der Waals surface area (Å²) in [5.41, 5.74) is 4.05. The molecule has 1 heterocycles. The van der Waals surface area contributed by atoms with Crippen molar-refractivity contribution in [3.05, 3.63) is 59.9 Å². The first-order chi connectivity index (χ1) is 11.7. The standard InChI is InChI=1S/C20H23N3O/c1-3-4-7-16-10-12-17(13-11-16)22-20(24)14-23-15(2)21-18-8-5-6-9-19(18)23/h5-6,8-13H,3-4,7,14H2,1-2H3,(H,22,24). The number of hydrogen-bond donors (Lipinski definition) is 1. The lowest BCUT2D eigenvalue weighted by Gasteiger charge is -2.09. The second-order valence-corrected chi connectivity index (χ2v) is 6.08. The van der Waals surface area contributed by atoms with Crippen molar-refractivity contribution in [2.45, 2.75) is 39.7 Å². The van der Waals surface area contributed by atoms with Crippen molar-refractivity contribution in [2.75, 3.05) is 5.32 Å². The summed E-state index contributed by atoms with van der Waals surface area (Å²) < 4.78 is 1.94. The fourth-order valence-corrected chi connectivity index (χ4v) is 2.88. The summed E-state index contributed by atoms with van der Waals surface area (Å²) >= 11 is 0. The Labute approximate surface area is 142 Å². The van der Waals surface area contributed by atoms with Gasteiger partial charge >= 0.3 is 0 Å². The molecule has 1 N–H and O–H groups in total. The van der Waals surface area contributed by atoms with E-state index in [9.17, 15) is 4.79 Å². The van der Waals surface area contributed by atoms with E-state index < -0.39 is 0 Å². The average Bonchev–Trinajstić information content (AvgIpc) is 2.90. The van der Waals surface area contributed by atoms with Gasteiger partial charge in [0.2, 0.25) is 5.91 Å². The van der Waals surface area contributed by atoms with Crippen molar-refractivity contribution in [2.24, 2.45) is 0 Å². The molecule has 1 aromatic heterocycles. The van der Waals surface area contributed by atoms with Crippen molar-refractivity contribution in [1.29, 1.82) is 0 Å². The van der Waals surface area contributed by atoms with E-state index in [1.165, 1.54) is 18.4 Å². The molecule has 0 radical (unpaired) electrons. The number of carbonyl (C=O) groups excluding carboxylic acids is 1. The fraction of sp³-hybridized carbons (Fsp3) is 0.300. The molecule has 1 amide bonds. The third-order valence-corrected chi connectivity index (χ3v) is 4.20. The number of aryl methyl sites for hydroxylation is 2. The largest absolute Gasteiger partial charge is 0.325 e. The monoisotopic (exact) mass is 321 g/mol. The first kappa shape index (κ1) is 16.2. The normalized spacial score (nSPS) is 10.9. The van der Waals surface area contributed by atoms with Crippen molar-refractivity contribution >= 4 is 22.6 Å². The van der Waals surface area contributed by atoms with E-state index >= 15 is 0 Å². The number of unbranched alkanes of at least 4 members (excludes halogenated alkanes) is 1. The van der Waals surface area contributed by atoms with Gasteiger partial charge in [-0.25, -0.2) is 4.98 Å². The maximum Gasteiger partial charge on any atom is 0.244 e. The number of benzene rings is 2. The molecule has 0 spiro atoms. The molecular formula is C20H23N3O. The highest BCUT2D eigenvalue weighted by Crippen LogP contribution is 2.16. The summed E-state index contributed by atoms with van der Waals surface area (Å²) in [7, 11) is 0. The maximum absolute atomic E-state index is 12.4. The van der Waals surface area contributed by atoms with Gasteiger partial charge in [0.15, 0.2) is 0 Å². The minimum Gasteiger partial charge on any atom is -0.325 e. The number of rotatable bonds is 6. The Morgan fingerprint density at radius 2 is 1.88 bits per heavy atom. The van der Waals surface area contributed by atoms with E-state index in [1.807, 2.05) is 47.9 Å². The van der Waals surface area contributed by atoms with Gasteiger partial charge in [-0.3, -0.25) is 4.79 Å². The summed E-state index contributed by atoms with van der Waals surface area (Å²) in [5.74, 6) is 0.809. The second-order valence-electron chi connectivity index (χ2n) is 6.08. The van der Waals surface area contributed by atoms with Crippen LogP contribution in [0.25, 0.3) is 11.0 Å². The van der Waals surface area contributed by atoms with Crippen LogP contribution in [0, 0.1) is 6.92 Å². The summed E-state index contributed by atoms with van der Waals surface area (Å²) in [6.07, 6.45) is 3.47. The third-order valence-electron chi connectivity index (χ3n) is 4.20. The summed E-state index contributed by atoms with van der Waals surface area (Å²) in [5, 5.41) is 2.97. The maximum atomic E-state index is 12.4. The zero-order valence-corrected chi connectivity index (χ0v) is 14.2. The molecule has 0 bridgehead atoms. The molecule has 0 aliphatic rings. The number of fused-ring (bicyclic) bond motifs is 1. The summed E-state index contributed by atoms with van der Waals surface area (Å²) in [6.45, 7) is 4.39. The van der Waals surface area contributed by atoms with Crippen LogP contribution in [0.3, 0.4) is 0 Å². The van der Waals surface area contributed by atoms with Crippen molar-refractivity contribution in [3.63, 3.8) is 0 Å². The molecule has 2 aromatic carbocycles. The molecule has 0 aliphatic carbocycles. The highest BCUT2D eigenvalue weighted by molar-refractivity contribution is 5.91. The number of imidazole rings is 1. The van der Waals surface area contributed by atoms with Gasteiger partial charge in [0, 0.05) is 5.69 Å². The number of anilines is 1. The number of carbonyl (C=O) groups is 1. The lowest BCUT2D eigenvalue weighted by molar-refractivity contribution is -0.116. The minimum absolute atomic E-state index is 0.0393. The summed E-state index contributed by atoms with van der Waals surface area (Å²) in [4.78, 5) is 16.9. The average molecular weight is 321 g/mol. The Hall–Kier alpha value is -2.62. The van der Waals surface area contributed by atoms with Gasteiger partial charge in [-0.2, -0.15) is 0 Å². The second kappa shape index (κ2) is 7.30. The van der Waals surface area contributed by atoms with Gasteiger partial charge in [-0.1, -0.05) is 37.6 Å². The number of para-hydroxylation sites is 2. The van der Waals surface area contributed by atoms with Crippen molar-refractivity contribution in [1.82, 2.24) is 9.55 Å².